The molecule has 1 saturated heterocycles. The Morgan fingerprint density at radius 2 is 1.79 bits per heavy atom. The van der Waals surface area contributed by atoms with Crippen LogP contribution in [0.1, 0.15) is 56.2 Å². The van der Waals surface area contributed by atoms with E-state index >= 15 is 0 Å². The van der Waals surface area contributed by atoms with Crippen LogP contribution in [0.5, 0.6) is 0 Å². The zero-order chi connectivity index (χ0) is 13.5. The number of likely N-dealkylation sites (tertiary alicyclic amines) is 1. The monoisotopic (exact) mass is 260 g/mol. The van der Waals surface area contributed by atoms with E-state index in [2.05, 4.69) is 36.1 Å². The maximum absolute atomic E-state index is 6.31. The van der Waals surface area contributed by atoms with E-state index in [0.717, 1.165) is 13.0 Å². The third-order valence-corrected chi connectivity index (χ3v) is 4.15. The molecule has 1 atom stereocenters. The summed E-state index contributed by atoms with van der Waals surface area (Å²) in [5.41, 5.74) is 9.02. The molecule has 1 heterocycles. The first-order valence-electron chi connectivity index (χ1n) is 7.86. The quantitative estimate of drug-likeness (QED) is 0.848. The van der Waals surface area contributed by atoms with Gasteiger partial charge in [-0.15, -0.1) is 0 Å². The minimum absolute atomic E-state index is 0.192. The van der Waals surface area contributed by atoms with Gasteiger partial charge in [-0.05, 0) is 56.4 Å². The molecule has 0 aliphatic carbocycles. The molecule has 2 heteroatoms. The number of aryl methyl sites for hydroxylation is 1. The lowest BCUT2D eigenvalue weighted by Gasteiger charge is -2.27. The van der Waals surface area contributed by atoms with Crippen molar-refractivity contribution in [3.05, 3.63) is 35.4 Å². The Morgan fingerprint density at radius 3 is 2.42 bits per heavy atom. The molecule has 1 aromatic carbocycles. The lowest BCUT2D eigenvalue weighted by molar-refractivity contribution is 0.221. The Kier molecular flexibility index (Phi) is 5.87. The van der Waals surface area contributed by atoms with Crippen LogP contribution in [0.2, 0.25) is 0 Å². The van der Waals surface area contributed by atoms with Crippen molar-refractivity contribution >= 4 is 0 Å². The number of nitrogens with two attached hydrogens (primary N) is 1. The van der Waals surface area contributed by atoms with Gasteiger partial charge in [-0.25, -0.2) is 0 Å². The average Bonchev–Trinajstić information content (AvgIpc) is 2.47. The first-order chi connectivity index (χ1) is 9.29. The minimum Gasteiger partial charge on any atom is -0.324 e. The molecule has 2 rings (SSSR count). The molecule has 1 aliphatic heterocycles. The smallest absolute Gasteiger partial charge is 0.0307 e. The number of piperidine rings is 1. The number of hydrogen-bond donors (Lipinski definition) is 1. The van der Waals surface area contributed by atoms with Crippen molar-refractivity contribution in [1.82, 2.24) is 4.90 Å². The van der Waals surface area contributed by atoms with E-state index in [1.807, 2.05) is 0 Å². The van der Waals surface area contributed by atoms with Gasteiger partial charge in [0.1, 0.15) is 0 Å². The van der Waals surface area contributed by atoms with Crippen molar-refractivity contribution in [1.29, 1.82) is 0 Å². The summed E-state index contributed by atoms with van der Waals surface area (Å²) in [7, 11) is 0. The fourth-order valence-corrected chi connectivity index (χ4v) is 2.89. The largest absolute Gasteiger partial charge is 0.324 e. The molecule has 1 fully saturated rings. The van der Waals surface area contributed by atoms with Gasteiger partial charge in [0.25, 0.3) is 0 Å². The van der Waals surface area contributed by atoms with E-state index in [1.54, 1.807) is 0 Å². The van der Waals surface area contributed by atoms with Gasteiger partial charge in [0.2, 0.25) is 0 Å². The lowest BCUT2D eigenvalue weighted by atomic mass is 10.0. The van der Waals surface area contributed by atoms with Gasteiger partial charge in [-0.2, -0.15) is 0 Å². The summed E-state index contributed by atoms with van der Waals surface area (Å²) in [5.74, 6) is 0. The van der Waals surface area contributed by atoms with Crippen LogP contribution in [0.4, 0.5) is 0 Å². The minimum atomic E-state index is 0.192. The maximum atomic E-state index is 6.31. The molecule has 1 unspecified atom stereocenters. The summed E-state index contributed by atoms with van der Waals surface area (Å²) in [6.07, 6.45) is 7.58. The van der Waals surface area contributed by atoms with Gasteiger partial charge in [-0.3, -0.25) is 0 Å². The van der Waals surface area contributed by atoms with Crippen LogP contribution in [-0.4, -0.2) is 24.5 Å². The van der Waals surface area contributed by atoms with Crippen LogP contribution in [0.25, 0.3) is 0 Å². The SMILES string of the molecule is CCCc1ccc(C(N)CCN2CCCCC2)cc1. The molecule has 1 aliphatic rings. The summed E-state index contributed by atoms with van der Waals surface area (Å²) < 4.78 is 0. The van der Waals surface area contributed by atoms with Gasteiger partial charge in [0.05, 0.1) is 0 Å². The normalized spacial score (nSPS) is 18.4. The summed E-state index contributed by atoms with van der Waals surface area (Å²) in [4.78, 5) is 2.56. The molecule has 0 spiro atoms. The van der Waals surface area contributed by atoms with E-state index in [9.17, 15) is 0 Å². The molecule has 0 aromatic heterocycles. The van der Waals surface area contributed by atoms with Crippen LogP contribution in [-0.2, 0) is 6.42 Å². The predicted octanol–water partition coefficient (Wildman–Crippen LogP) is 3.51. The van der Waals surface area contributed by atoms with Crippen molar-refractivity contribution < 1.29 is 0 Å². The second-order valence-corrected chi connectivity index (χ2v) is 5.79. The second-order valence-electron chi connectivity index (χ2n) is 5.79. The molecular weight excluding hydrogens is 232 g/mol. The summed E-state index contributed by atoms with van der Waals surface area (Å²) >= 11 is 0. The van der Waals surface area contributed by atoms with Gasteiger partial charge in [0.15, 0.2) is 0 Å². The molecule has 0 amide bonds. The van der Waals surface area contributed by atoms with E-state index in [-0.39, 0.29) is 6.04 Å². The number of rotatable bonds is 6. The molecular formula is C17H28N2. The fourth-order valence-electron chi connectivity index (χ4n) is 2.89. The first kappa shape index (κ1) is 14.5. The van der Waals surface area contributed by atoms with Crippen molar-refractivity contribution in [3.8, 4) is 0 Å². The Labute approximate surface area is 118 Å². The molecule has 1 aromatic rings. The zero-order valence-electron chi connectivity index (χ0n) is 12.3. The van der Waals surface area contributed by atoms with E-state index in [0.29, 0.717) is 0 Å². The summed E-state index contributed by atoms with van der Waals surface area (Å²) in [5, 5.41) is 0. The van der Waals surface area contributed by atoms with Crippen molar-refractivity contribution in [3.63, 3.8) is 0 Å². The van der Waals surface area contributed by atoms with Crippen LogP contribution in [0, 0.1) is 0 Å². The highest BCUT2D eigenvalue weighted by Crippen LogP contribution is 2.17. The lowest BCUT2D eigenvalue weighted by Crippen LogP contribution is -2.32. The highest BCUT2D eigenvalue weighted by atomic mass is 15.1. The zero-order valence-corrected chi connectivity index (χ0v) is 12.3. The van der Waals surface area contributed by atoms with E-state index in [4.69, 9.17) is 5.73 Å². The molecule has 2 nitrogen and oxygen atoms in total. The topological polar surface area (TPSA) is 29.3 Å². The van der Waals surface area contributed by atoms with Gasteiger partial charge >= 0.3 is 0 Å². The fraction of sp³-hybridized carbons (Fsp3) is 0.647. The second kappa shape index (κ2) is 7.66. The van der Waals surface area contributed by atoms with Gasteiger partial charge in [-0.1, -0.05) is 44.0 Å². The van der Waals surface area contributed by atoms with Crippen LogP contribution in [0.15, 0.2) is 24.3 Å². The van der Waals surface area contributed by atoms with Crippen molar-refractivity contribution in [2.75, 3.05) is 19.6 Å². The highest BCUT2D eigenvalue weighted by Gasteiger charge is 2.12. The van der Waals surface area contributed by atoms with Gasteiger partial charge in [0, 0.05) is 6.04 Å². The molecule has 2 N–H and O–H groups in total. The van der Waals surface area contributed by atoms with Crippen LogP contribution >= 0.6 is 0 Å². The highest BCUT2D eigenvalue weighted by molar-refractivity contribution is 5.24. The Hall–Kier alpha value is -0.860. The Morgan fingerprint density at radius 1 is 1.11 bits per heavy atom. The number of benzene rings is 1. The van der Waals surface area contributed by atoms with Crippen molar-refractivity contribution in [2.24, 2.45) is 5.73 Å². The predicted molar refractivity (Wildman–Crippen MR) is 82.3 cm³/mol. The Balaban J connectivity index is 1.79. The van der Waals surface area contributed by atoms with E-state index < -0.39 is 0 Å². The number of nitrogens with zero attached hydrogens (tertiary/aromatic N) is 1. The van der Waals surface area contributed by atoms with Crippen LogP contribution < -0.4 is 5.73 Å². The Bertz CT molecular complexity index is 352. The standard InChI is InChI=1S/C17H28N2/c1-2-6-15-7-9-16(10-8-15)17(18)11-14-19-12-4-3-5-13-19/h7-10,17H,2-6,11-14,18H2,1H3. The maximum Gasteiger partial charge on any atom is 0.0307 e. The molecule has 106 valence electrons. The van der Waals surface area contributed by atoms with Gasteiger partial charge < -0.3 is 10.6 Å². The van der Waals surface area contributed by atoms with E-state index in [1.165, 1.54) is 56.3 Å². The molecule has 0 radical (unpaired) electrons. The average molecular weight is 260 g/mol. The molecule has 19 heavy (non-hydrogen) atoms. The summed E-state index contributed by atoms with van der Waals surface area (Å²) in [6.45, 7) is 5.90. The molecule has 0 bridgehead atoms. The number of hydrogen-bond acceptors (Lipinski definition) is 2. The first-order valence-corrected chi connectivity index (χ1v) is 7.86. The third-order valence-electron chi connectivity index (χ3n) is 4.15. The third kappa shape index (κ3) is 4.63. The molecule has 0 saturated carbocycles. The summed E-state index contributed by atoms with van der Waals surface area (Å²) in [6, 6.07) is 9.09. The van der Waals surface area contributed by atoms with Crippen LogP contribution in [0.3, 0.4) is 0 Å². The van der Waals surface area contributed by atoms with Crippen molar-refractivity contribution in [2.45, 2.75) is 51.5 Å².